The highest BCUT2D eigenvalue weighted by Gasteiger charge is 2.05. The number of rotatable bonds is 5. The van der Waals surface area contributed by atoms with Crippen molar-refractivity contribution in [2.45, 2.75) is 0 Å². The van der Waals surface area contributed by atoms with Crippen molar-refractivity contribution in [1.82, 2.24) is 15.3 Å². The molecule has 1 heterocycles. The second-order valence-electron chi connectivity index (χ2n) is 3.93. The summed E-state index contributed by atoms with van der Waals surface area (Å²) in [5.41, 5.74) is 1.28. The van der Waals surface area contributed by atoms with Crippen molar-refractivity contribution in [2.75, 3.05) is 11.9 Å². The van der Waals surface area contributed by atoms with Gasteiger partial charge in [0.1, 0.15) is 0 Å². The van der Waals surface area contributed by atoms with Crippen LogP contribution in [0.2, 0.25) is 0 Å². The minimum absolute atomic E-state index is 0.222. The molecule has 0 atom stereocenters. The van der Waals surface area contributed by atoms with E-state index in [0.29, 0.717) is 18.1 Å². The highest BCUT2D eigenvalue weighted by molar-refractivity contribution is 9.10. The predicted molar refractivity (Wildman–Crippen MR) is 82.0 cm³/mol. The number of halogens is 1. The van der Waals surface area contributed by atoms with Gasteiger partial charge in [-0.15, -0.1) is 6.58 Å². The molecule has 0 aliphatic heterocycles. The molecule has 20 heavy (non-hydrogen) atoms. The number of amides is 1. The molecule has 6 heteroatoms. The molecule has 102 valence electrons. The van der Waals surface area contributed by atoms with Crippen molar-refractivity contribution in [1.29, 1.82) is 0 Å². The third-order valence-corrected chi connectivity index (χ3v) is 2.95. The molecule has 0 bridgehead atoms. The van der Waals surface area contributed by atoms with Gasteiger partial charge >= 0.3 is 0 Å². The normalized spacial score (nSPS) is 9.85. The lowest BCUT2D eigenvalue weighted by Gasteiger charge is -2.05. The fourth-order valence-corrected chi connectivity index (χ4v) is 1.70. The van der Waals surface area contributed by atoms with Crippen LogP contribution in [-0.2, 0) is 0 Å². The van der Waals surface area contributed by atoms with Crippen molar-refractivity contribution in [2.24, 2.45) is 0 Å². The lowest BCUT2D eigenvalue weighted by molar-refractivity contribution is 0.0957. The van der Waals surface area contributed by atoms with Crippen LogP contribution < -0.4 is 10.6 Å². The van der Waals surface area contributed by atoms with E-state index in [4.69, 9.17) is 0 Å². The Labute approximate surface area is 125 Å². The average molecular weight is 333 g/mol. The number of carbonyl (C=O) groups is 1. The molecule has 0 aliphatic carbocycles. The maximum atomic E-state index is 11.6. The van der Waals surface area contributed by atoms with E-state index in [-0.39, 0.29) is 5.91 Å². The molecular weight excluding hydrogens is 320 g/mol. The number of benzene rings is 1. The Morgan fingerprint density at radius 1 is 1.25 bits per heavy atom. The fraction of sp³-hybridized carbons (Fsp3) is 0.0714. The Morgan fingerprint density at radius 3 is 2.50 bits per heavy atom. The molecule has 1 aromatic carbocycles. The smallest absolute Gasteiger partial charge is 0.254 e. The van der Waals surface area contributed by atoms with E-state index in [2.05, 4.69) is 43.1 Å². The first-order valence-corrected chi connectivity index (χ1v) is 6.72. The Bertz CT molecular complexity index is 596. The van der Waals surface area contributed by atoms with Crippen molar-refractivity contribution < 1.29 is 4.79 Å². The Balaban J connectivity index is 2.02. The average Bonchev–Trinajstić information content (AvgIpc) is 2.48. The van der Waals surface area contributed by atoms with Crippen molar-refractivity contribution >= 4 is 33.5 Å². The molecule has 5 nitrogen and oxygen atoms in total. The van der Waals surface area contributed by atoms with E-state index in [1.807, 2.05) is 24.3 Å². The Kier molecular flexibility index (Phi) is 4.84. The summed E-state index contributed by atoms with van der Waals surface area (Å²) < 4.78 is 0.998. The molecule has 0 fully saturated rings. The van der Waals surface area contributed by atoms with Crippen LogP contribution >= 0.6 is 15.9 Å². The minimum atomic E-state index is -0.222. The van der Waals surface area contributed by atoms with Gasteiger partial charge in [0, 0.05) is 29.1 Å². The molecule has 0 radical (unpaired) electrons. The second kappa shape index (κ2) is 6.81. The van der Waals surface area contributed by atoms with Crippen LogP contribution in [0.15, 0.2) is 53.8 Å². The van der Waals surface area contributed by atoms with Crippen LogP contribution in [0, 0.1) is 0 Å². The monoisotopic (exact) mass is 332 g/mol. The summed E-state index contributed by atoms with van der Waals surface area (Å²) in [7, 11) is 0. The highest BCUT2D eigenvalue weighted by Crippen LogP contribution is 2.16. The zero-order chi connectivity index (χ0) is 14.4. The van der Waals surface area contributed by atoms with Gasteiger partial charge < -0.3 is 10.6 Å². The van der Waals surface area contributed by atoms with Gasteiger partial charge in [-0.05, 0) is 24.3 Å². The zero-order valence-corrected chi connectivity index (χ0v) is 12.2. The van der Waals surface area contributed by atoms with Gasteiger partial charge in [-0.2, -0.15) is 0 Å². The van der Waals surface area contributed by atoms with Crippen LogP contribution in [-0.4, -0.2) is 22.4 Å². The maximum absolute atomic E-state index is 11.6. The Hall–Kier alpha value is -2.21. The van der Waals surface area contributed by atoms with Crippen LogP contribution in [0.3, 0.4) is 0 Å². The number of nitrogens with one attached hydrogen (secondary N) is 2. The molecule has 0 saturated heterocycles. The van der Waals surface area contributed by atoms with E-state index >= 15 is 0 Å². The number of anilines is 2. The largest absolute Gasteiger partial charge is 0.348 e. The van der Waals surface area contributed by atoms with E-state index in [0.717, 1.165) is 10.2 Å². The summed E-state index contributed by atoms with van der Waals surface area (Å²) >= 11 is 3.37. The van der Waals surface area contributed by atoms with Crippen LogP contribution in [0.5, 0.6) is 0 Å². The number of hydrogen-bond donors (Lipinski definition) is 2. The highest BCUT2D eigenvalue weighted by atomic mass is 79.9. The molecule has 0 unspecified atom stereocenters. The molecular formula is C14H13BrN4O. The van der Waals surface area contributed by atoms with Gasteiger partial charge in [-0.3, -0.25) is 4.79 Å². The maximum Gasteiger partial charge on any atom is 0.254 e. The van der Waals surface area contributed by atoms with Gasteiger partial charge in [0.2, 0.25) is 5.95 Å². The molecule has 2 N–H and O–H groups in total. The van der Waals surface area contributed by atoms with Gasteiger partial charge in [0.05, 0.1) is 5.56 Å². The zero-order valence-electron chi connectivity index (χ0n) is 10.6. The molecule has 1 amide bonds. The summed E-state index contributed by atoms with van der Waals surface area (Å²) in [6.07, 6.45) is 4.57. The van der Waals surface area contributed by atoms with Gasteiger partial charge in [-0.1, -0.05) is 22.0 Å². The van der Waals surface area contributed by atoms with Crippen LogP contribution in [0.25, 0.3) is 0 Å². The van der Waals surface area contributed by atoms with Crippen molar-refractivity contribution in [3.63, 3.8) is 0 Å². The number of aromatic nitrogens is 2. The third-order valence-electron chi connectivity index (χ3n) is 2.42. The van der Waals surface area contributed by atoms with Crippen molar-refractivity contribution in [3.8, 4) is 0 Å². The minimum Gasteiger partial charge on any atom is -0.348 e. The lowest BCUT2D eigenvalue weighted by atomic mass is 10.3. The first-order valence-electron chi connectivity index (χ1n) is 5.93. The predicted octanol–water partition coefficient (Wildman–Crippen LogP) is 2.90. The molecule has 2 aromatic rings. The van der Waals surface area contributed by atoms with Crippen LogP contribution in [0.1, 0.15) is 10.4 Å². The third kappa shape index (κ3) is 3.89. The summed E-state index contributed by atoms with van der Waals surface area (Å²) in [4.78, 5) is 19.9. The number of hydrogen-bond acceptors (Lipinski definition) is 4. The molecule has 2 rings (SSSR count). The van der Waals surface area contributed by atoms with Gasteiger partial charge in [0.15, 0.2) is 0 Å². The van der Waals surface area contributed by atoms with E-state index in [9.17, 15) is 4.79 Å². The summed E-state index contributed by atoms with van der Waals surface area (Å²) in [5, 5.41) is 5.71. The quantitative estimate of drug-likeness (QED) is 0.826. The lowest BCUT2D eigenvalue weighted by Crippen LogP contribution is -2.23. The van der Waals surface area contributed by atoms with E-state index < -0.39 is 0 Å². The second-order valence-corrected chi connectivity index (χ2v) is 4.84. The Morgan fingerprint density at radius 2 is 1.90 bits per heavy atom. The molecule has 1 aromatic heterocycles. The standard InChI is InChI=1S/C14H13BrN4O/c1-2-7-16-13(20)10-8-17-14(18-9-10)19-12-5-3-11(15)4-6-12/h2-6,8-9H,1,7H2,(H,16,20)(H,17,18,19). The summed E-state index contributed by atoms with van der Waals surface area (Å²) in [6, 6.07) is 7.63. The van der Waals surface area contributed by atoms with Crippen LogP contribution in [0.4, 0.5) is 11.6 Å². The number of carbonyl (C=O) groups excluding carboxylic acids is 1. The van der Waals surface area contributed by atoms with Gasteiger partial charge in [-0.25, -0.2) is 9.97 Å². The first kappa shape index (κ1) is 14.2. The topological polar surface area (TPSA) is 66.9 Å². The SMILES string of the molecule is C=CCNC(=O)c1cnc(Nc2ccc(Br)cc2)nc1. The first-order chi connectivity index (χ1) is 9.69. The van der Waals surface area contributed by atoms with E-state index in [1.54, 1.807) is 6.08 Å². The fourth-order valence-electron chi connectivity index (χ4n) is 1.44. The summed E-state index contributed by atoms with van der Waals surface area (Å²) in [6.45, 7) is 3.95. The molecule has 0 saturated carbocycles. The van der Waals surface area contributed by atoms with E-state index in [1.165, 1.54) is 12.4 Å². The van der Waals surface area contributed by atoms with Gasteiger partial charge in [0.25, 0.3) is 5.91 Å². The number of nitrogens with zero attached hydrogens (tertiary/aromatic N) is 2. The van der Waals surface area contributed by atoms with Crippen molar-refractivity contribution in [3.05, 3.63) is 59.4 Å². The summed E-state index contributed by atoms with van der Waals surface area (Å²) in [5.74, 6) is 0.215. The molecule has 0 aliphatic rings. The molecule has 0 spiro atoms.